The molecule has 3 nitrogen and oxygen atoms in total. The third-order valence-corrected chi connectivity index (χ3v) is 5.59. The number of hydrogen-bond acceptors (Lipinski definition) is 2. The number of amides is 1. The van der Waals surface area contributed by atoms with Crippen molar-refractivity contribution >= 4 is 28.1 Å². The van der Waals surface area contributed by atoms with E-state index >= 15 is 0 Å². The van der Waals surface area contributed by atoms with E-state index in [0.717, 1.165) is 60.8 Å². The molecule has 0 atom stereocenters. The van der Waals surface area contributed by atoms with Gasteiger partial charge in [0, 0.05) is 35.4 Å². The third kappa shape index (κ3) is 3.99. The predicted octanol–water partition coefficient (Wildman–Crippen LogP) is 6.54. The van der Waals surface area contributed by atoms with Gasteiger partial charge in [-0.15, -0.1) is 0 Å². The van der Waals surface area contributed by atoms with Crippen molar-refractivity contribution in [1.82, 2.24) is 4.90 Å². The van der Waals surface area contributed by atoms with E-state index in [1.807, 2.05) is 30.0 Å². The molecule has 1 amide bonds. The number of nitrogens with zero attached hydrogens (tertiary/aromatic N) is 1. The molecule has 1 aliphatic heterocycles. The summed E-state index contributed by atoms with van der Waals surface area (Å²) >= 11 is 0. The number of carbonyl (C=O) groups excluding carboxylic acids is 1. The molecular weight excluding hydrogens is 389 g/mol. The summed E-state index contributed by atoms with van der Waals surface area (Å²) < 4.78 is 39.2. The first-order valence-corrected chi connectivity index (χ1v) is 10.1. The fourth-order valence-corrected chi connectivity index (χ4v) is 4.07. The lowest BCUT2D eigenvalue weighted by atomic mass is 9.97. The van der Waals surface area contributed by atoms with Gasteiger partial charge in [0.05, 0.1) is 5.56 Å². The number of fused-ring (bicyclic) bond motifs is 1. The van der Waals surface area contributed by atoms with Gasteiger partial charge in [-0.25, -0.2) is 0 Å². The van der Waals surface area contributed by atoms with Gasteiger partial charge < -0.3 is 10.2 Å². The van der Waals surface area contributed by atoms with Crippen molar-refractivity contribution in [3.05, 3.63) is 71.3 Å². The zero-order valence-corrected chi connectivity index (χ0v) is 16.7. The van der Waals surface area contributed by atoms with Crippen molar-refractivity contribution in [2.24, 2.45) is 0 Å². The maximum absolute atomic E-state index is 13.2. The van der Waals surface area contributed by atoms with Crippen LogP contribution in [0.4, 0.5) is 24.5 Å². The highest BCUT2D eigenvalue weighted by atomic mass is 19.4. The lowest BCUT2D eigenvalue weighted by Crippen LogP contribution is -2.35. The lowest BCUT2D eigenvalue weighted by molar-refractivity contribution is -0.137. The lowest BCUT2D eigenvalue weighted by Gasteiger charge is -2.27. The Labute approximate surface area is 173 Å². The van der Waals surface area contributed by atoms with Crippen molar-refractivity contribution in [3.8, 4) is 0 Å². The highest BCUT2D eigenvalue weighted by Gasteiger charge is 2.30. The van der Waals surface area contributed by atoms with E-state index in [4.69, 9.17) is 0 Å². The van der Waals surface area contributed by atoms with Crippen LogP contribution < -0.4 is 5.32 Å². The van der Waals surface area contributed by atoms with Crippen LogP contribution in [0.3, 0.4) is 0 Å². The van der Waals surface area contributed by atoms with Gasteiger partial charge in [-0.1, -0.05) is 24.3 Å². The predicted molar refractivity (Wildman–Crippen MR) is 113 cm³/mol. The van der Waals surface area contributed by atoms with Crippen LogP contribution in [0.5, 0.6) is 0 Å². The maximum atomic E-state index is 13.2. The summed E-state index contributed by atoms with van der Waals surface area (Å²) in [6, 6.07) is 14.4. The molecule has 1 heterocycles. The molecule has 1 aliphatic rings. The van der Waals surface area contributed by atoms with E-state index in [-0.39, 0.29) is 5.91 Å². The van der Waals surface area contributed by atoms with E-state index in [1.54, 1.807) is 18.2 Å². The van der Waals surface area contributed by atoms with E-state index in [0.29, 0.717) is 16.9 Å². The van der Waals surface area contributed by atoms with Crippen LogP contribution in [0.1, 0.15) is 40.7 Å². The number of rotatable bonds is 3. The van der Waals surface area contributed by atoms with Crippen LogP contribution in [-0.2, 0) is 6.18 Å². The Bertz CT molecular complexity index is 1090. The molecule has 6 heteroatoms. The molecule has 4 rings (SSSR count). The molecule has 156 valence electrons. The number of benzene rings is 3. The van der Waals surface area contributed by atoms with Gasteiger partial charge >= 0.3 is 6.18 Å². The number of piperidine rings is 1. The zero-order valence-electron chi connectivity index (χ0n) is 16.7. The quantitative estimate of drug-likeness (QED) is 0.530. The molecule has 3 aromatic rings. The minimum Gasteiger partial charge on any atom is -0.355 e. The molecule has 0 unspecified atom stereocenters. The van der Waals surface area contributed by atoms with Gasteiger partial charge in [-0.2, -0.15) is 13.2 Å². The second-order valence-corrected chi connectivity index (χ2v) is 7.71. The van der Waals surface area contributed by atoms with Crippen LogP contribution in [-0.4, -0.2) is 23.9 Å². The van der Waals surface area contributed by atoms with Crippen LogP contribution in [0.25, 0.3) is 10.8 Å². The molecule has 1 saturated heterocycles. The molecule has 0 aliphatic carbocycles. The largest absolute Gasteiger partial charge is 0.416 e. The summed E-state index contributed by atoms with van der Waals surface area (Å²) in [5.41, 5.74) is 1.91. The Morgan fingerprint density at radius 2 is 1.70 bits per heavy atom. The van der Waals surface area contributed by atoms with E-state index in [2.05, 4.69) is 5.32 Å². The smallest absolute Gasteiger partial charge is 0.355 e. The number of aryl methyl sites for hydroxylation is 1. The van der Waals surface area contributed by atoms with E-state index in [1.165, 1.54) is 6.07 Å². The Hall–Kier alpha value is -3.02. The fourth-order valence-electron chi connectivity index (χ4n) is 4.07. The van der Waals surface area contributed by atoms with Crippen LogP contribution in [0, 0.1) is 6.92 Å². The Kier molecular flexibility index (Phi) is 5.41. The highest BCUT2D eigenvalue weighted by molar-refractivity contribution is 6.11. The number of anilines is 2. The summed E-state index contributed by atoms with van der Waals surface area (Å²) in [6.07, 6.45) is -1.24. The average molecular weight is 412 g/mol. The SMILES string of the molecule is Cc1cccc2c(Nc3cccc(C(F)(F)F)c3)ccc(C(=O)N3CCCCC3)c12. The van der Waals surface area contributed by atoms with Gasteiger partial charge in [-0.3, -0.25) is 4.79 Å². The summed E-state index contributed by atoms with van der Waals surface area (Å²) in [5, 5.41) is 4.76. The number of nitrogens with one attached hydrogen (secondary N) is 1. The van der Waals surface area contributed by atoms with Crippen molar-refractivity contribution < 1.29 is 18.0 Å². The summed E-state index contributed by atoms with van der Waals surface area (Å²) in [7, 11) is 0. The molecule has 1 N–H and O–H groups in total. The fraction of sp³-hybridized carbons (Fsp3) is 0.292. The van der Waals surface area contributed by atoms with Gasteiger partial charge in [0.1, 0.15) is 0 Å². The second kappa shape index (κ2) is 8.01. The average Bonchev–Trinajstić information content (AvgIpc) is 2.74. The Balaban J connectivity index is 1.74. The molecule has 0 radical (unpaired) electrons. The minimum absolute atomic E-state index is 0.0135. The van der Waals surface area contributed by atoms with Crippen LogP contribution in [0.15, 0.2) is 54.6 Å². The summed E-state index contributed by atoms with van der Waals surface area (Å²) in [6.45, 7) is 3.47. The summed E-state index contributed by atoms with van der Waals surface area (Å²) in [5.74, 6) is 0.0135. The molecule has 0 bridgehead atoms. The standard InChI is InChI=1S/C24H23F3N2O/c1-16-7-5-10-19-21(28-18-9-6-8-17(15-18)24(25,26)27)12-11-20(22(16)19)23(30)29-13-3-2-4-14-29/h5-12,15,28H,2-4,13-14H2,1H3. The van der Waals surface area contributed by atoms with E-state index in [9.17, 15) is 18.0 Å². The number of halogens is 3. The molecular formula is C24H23F3N2O. The molecule has 1 fully saturated rings. The van der Waals surface area contributed by atoms with Crippen LogP contribution >= 0.6 is 0 Å². The molecule has 30 heavy (non-hydrogen) atoms. The number of likely N-dealkylation sites (tertiary alicyclic amines) is 1. The maximum Gasteiger partial charge on any atom is 0.416 e. The van der Waals surface area contributed by atoms with Crippen LogP contribution in [0.2, 0.25) is 0 Å². The van der Waals surface area contributed by atoms with Gasteiger partial charge in [-0.05, 0) is 67.5 Å². The topological polar surface area (TPSA) is 32.3 Å². The monoisotopic (exact) mass is 412 g/mol. The number of carbonyl (C=O) groups is 1. The first kappa shape index (κ1) is 20.3. The molecule has 0 spiro atoms. The molecule has 0 aromatic heterocycles. The molecule has 0 saturated carbocycles. The van der Waals surface area contributed by atoms with Gasteiger partial charge in [0.2, 0.25) is 0 Å². The number of alkyl halides is 3. The summed E-state index contributed by atoms with van der Waals surface area (Å²) in [4.78, 5) is 15.1. The van der Waals surface area contributed by atoms with Gasteiger partial charge in [0.15, 0.2) is 0 Å². The third-order valence-electron chi connectivity index (χ3n) is 5.59. The van der Waals surface area contributed by atoms with Crippen molar-refractivity contribution in [2.75, 3.05) is 18.4 Å². The van der Waals surface area contributed by atoms with Crippen molar-refractivity contribution in [1.29, 1.82) is 0 Å². The highest BCUT2D eigenvalue weighted by Crippen LogP contribution is 2.35. The Morgan fingerprint density at radius 1 is 0.967 bits per heavy atom. The number of hydrogen-bond donors (Lipinski definition) is 1. The van der Waals surface area contributed by atoms with Crippen molar-refractivity contribution in [3.63, 3.8) is 0 Å². The second-order valence-electron chi connectivity index (χ2n) is 7.71. The molecule has 3 aromatic carbocycles. The Morgan fingerprint density at radius 3 is 2.43 bits per heavy atom. The van der Waals surface area contributed by atoms with Gasteiger partial charge in [0.25, 0.3) is 5.91 Å². The first-order chi connectivity index (χ1) is 14.3. The first-order valence-electron chi connectivity index (χ1n) is 10.1. The zero-order chi connectivity index (χ0) is 21.3. The van der Waals surface area contributed by atoms with Crippen molar-refractivity contribution in [2.45, 2.75) is 32.4 Å². The minimum atomic E-state index is -4.40. The van der Waals surface area contributed by atoms with E-state index < -0.39 is 11.7 Å². The normalized spacial score (nSPS) is 14.7.